The number of carbonyl (C=O) groups is 1. The fourth-order valence-corrected chi connectivity index (χ4v) is 4.07. The van der Waals surface area contributed by atoms with Gasteiger partial charge in [0.15, 0.2) is 11.5 Å². The Morgan fingerprint density at radius 3 is 2.57 bits per heavy atom. The molecule has 0 spiro atoms. The Labute approximate surface area is 166 Å². The lowest BCUT2D eigenvalue weighted by atomic mass is 9.97. The maximum Gasteiger partial charge on any atom is 0.230 e. The summed E-state index contributed by atoms with van der Waals surface area (Å²) < 4.78 is 11.3. The molecule has 2 aromatic carbocycles. The van der Waals surface area contributed by atoms with Gasteiger partial charge in [-0.3, -0.25) is 9.69 Å². The van der Waals surface area contributed by atoms with Crippen LogP contribution in [0.15, 0.2) is 48.5 Å². The molecule has 1 saturated heterocycles. The quantitative estimate of drug-likeness (QED) is 0.816. The molecule has 1 fully saturated rings. The van der Waals surface area contributed by atoms with E-state index in [9.17, 15) is 4.79 Å². The minimum absolute atomic E-state index is 0.184. The predicted molar refractivity (Wildman–Crippen MR) is 109 cm³/mol. The molecule has 0 aliphatic carbocycles. The van der Waals surface area contributed by atoms with Crippen molar-refractivity contribution in [2.75, 3.05) is 32.8 Å². The number of fused-ring (bicyclic) bond motifs is 1. The Morgan fingerprint density at radius 2 is 1.82 bits per heavy atom. The van der Waals surface area contributed by atoms with Crippen LogP contribution in [0.5, 0.6) is 11.5 Å². The van der Waals surface area contributed by atoms with E-state index in [2.05, 4.69) is 36.1 Å². The Kier molecular flexibility index (Phi) is 5.53. The Hall–Kier alpha value is -2.53. The van der Waals surface area contributed by atoms with Crippen molar-refractivity contribution in [3.8, 4) is 11.5 Å². The summed E-state index contributed by atoms with van der Waals surface area (Å²) in [6.45, 7) is 8.76. The van der Waals surface area contributed by atoms with Crippen LogP contribution in [0.3, 0.4) is 0 Å². The topological polar surface area (TPSA) is 42.0 Å². The van der Waals surface area contributed by atoms with Crippen LogP contribution < -0.4 is 9.47 Å². The summed E-state index contributed by atoms with van der Waals surface area (Å²) in [5, 5.41) is 0. The summed E-state index contributed by atoms with van der Waals surface area (Å²) >= 11 is 0. The average molecular weight is 380 g/mol. The van der Waals surface area contributed by atoms with Gasteiger partial charge in [0, 0.05) is 32.2 Å². The fourth-order valence-electron chi connectivity index (χ4n) is 4.07. The van der Waals surface area contributed by atoms with Gasteiger partial charge in [-0.15, -0.1) is 0 Å². The van der Waals surface area contributed by atoms with Crippen molar-refractivity contribution in [1.29, 1.82) is 0 Å². The van der Waals surface area contributed by atoms with Gasteiger partial charge in [-0.2, -0.15) is 0 Å². The summed E-state index contributed by atoms with van der Waals surface area (Å²) in [5.41, 5.74) is 2.30. The van der Waals surface area contributed by atoms with Gasteiger partial charge in [0.05, 0.1) is 5.92 Å². The third kappa shape index (κ3) is 3.99. The van der Waals surface area contributed by atoms with Crippen molar-refractivity contribution < 1.29 is 14.3 Å². The zero-order valence-electron chi connectivity index (χ0n) is 16.6. The first-order valence-electron chi connectivity index (χ1n) is 10.1. The number of piperazine rings is 1. The van der Waals surface area contributed by atoms with Gasteiger partial charge in [0.2, 0.25) is 5.91 Å². The number of carbonyl (C=O) groups excluding carboxylic acids is 1. The molecule has 2 atom stereocenters. The van der Waals surface area contributed by atoms with Gasteiger partial charge in [0.25, 0.3) is 0 Å². The monoisotopic (exact) mass is 380 g/mol. The highest BCUT2D eigenvalue weighted by atomic mass is 16.6. The van der Waals surface area contributed by atoms with Crippen LogP contribution in [-0.4, -0.2) is 54.6 Å². The van der Waals surface area contributed by atoms with Crippen LogP contribution in [0, 0.1) is 0 Å². The zero-order valence-corrected chi connectivity index (χ0v) is 16.6. The van der Waals surface area contributed by atoms with E-state index in [4.69, 9.17) is 9.47 Å². The zero-order chi connectivity index (χ0) is 19.5. The first kappa shape index (κ1) is 18.8. The lowest BCUT2D eigenvalue weighted by molar-refractivity contribution is -0.137. The maximum atomic E-state index is 13.2. The van der Waals surface area contributed by atoms with Gasteiger partial charge < -0.3 is 14.4 Å². The van der Waals surface area contributed by atoms with E-state index in [-0.39, 0.29) is 17.9 Å². The van der Waals surface area contributed by atoms with E-state index in [1.807, 2.05) is 36.1 Å². The van der Waals surface area contributed by atoms with E-state index in [1.54, 1.807) is 0 Å². The maximum absolute atomic E-state index is 13.2. The number of nitrogens with zero attached hydrogens (tertiary/aromatic N) is 2. The summed E-state index contributed by atoms with van der Waals surface area (Å²) in [4.78, 5) is 17.6. The molecule has 148 valence electrons. The number of benzene rings is 2. The van der Waals surface area contributed by atoms with Gasteiger partial charge in [0.1, 0.15) is 13.2 Å². The van der Waals surface area contributed by atoms with Crippen LogP contribution in [0.25, 0.3) is 0 Å². The van der Waals surface area contributed by atoms with Crippen molar-refractivity contribution in [2.24, 2.45) is 0 Å². The molecule has 0 aromatic heterocycles. The van der Waals surface area contributed by atoms with Gasteiger partial charge in [-0.1, -0.05) is 36.4 Å². The highest BCUT2D eigenvalue weighted by Gasteiger charge is 2.31. The Morgan fingerprint density at radius 1 is 1.07 bits per heavy atom. The third-order valence-corrected chi connectivity index (χ3v) is 5.68. The molecule has 1 unspecified atom stereocenters. The molecule has 0 saturated carbocycles. The number of rotatable bonds is 4. The molecule has 0 N–H and O–H groups in total. The van der Waals surface area contributed by atoms with Gasteiger partial charge in [-0.05, 0) is 37.1 Å². The number of amides is 1. The van der Waals surface area contributed by atoms with E-state index in [0.29, 0.717) is 13.2 Å². The van der Waals surface area contributed by atoms with E-state index in [1.165, 1.54) is 5.56 Å². The lowest BCUT2D eigenvalue weighted by Crippen LogP contribution is -2.54. The largest absolute Gasteiger partial charge is 0.486 e. The number of ether oxygens (including phenoxy) is 2. The molecule has 5 heteroatoms. The molecule has 2 aliphatic heterocycles. The second kappa shape index (κ2) is 8.23. The van der Waals surface area contributed by atoms with Crippen molar-refractivity contribution in [3.05, 3.63) is 59.7 Å². The SMILES string of the molecule is CC(C(=O)N1CCN(Cc2ccccc2)C[C@H]1C)c1ccc2c(c1)OCCO2. The molecule has 1 amide bonds. The smallest absolute Gasteiger partial charge is 0.230 e. The van der Waals surface area contributed by atoms with E-state index < -0.39 is 0 Å². The fraction of sp³-hybridized carbons (Fsp3) is 0.435. The Bertz CT molecular complexity index is 824. The molecule has 0 radical (unpaired) electrons. The second-order valence-electron chi connectivity index (χ2n) is 7.73. The molecule has 4 rings (SSSR count). The molecule has 2 aromatic rings. The van der Waals surface area contributed by atoms with Crippen LogP contribution >= 0.6 is 0 Å². The van der Waals surface area contributed by atoms with Crippen molar-refractivity contribution in [3.63, 3.8) is 0 Å². The molecular weight excluding hydrogens is 352 g/mol. The van der Waals surface area contributed by atoms with Crippen LogP contribution in [0.1, 0.15) is 30.9 Å². The number of hydrogen-bond acceptors (Lipinski definition) is 4. The first-order chi connectivity index (χ1) is 13.6. The molecule has 5 nitrogen and oxygen atoms in total. The van der Waals surface area contributed by atoms with Gasteiger partial charge in [-0.25, -0.2) is 0 Å². The standard InChI is InChI=1S/C23H28N2O3/c1-17-15-24(16-19-6-4-3-5-7-19)10-11-25(17)23(26)18(2)20-8-9-21-22(14-20)28-13-12-27-21/h3-9,14,17-18H,10-13,15-16H2,1-2H3/t17-,18?/m1/s1. The number of hydrogen-bond donors (Lipinski definition) is 0. The van der Waals surface area contributed by atoms with E-state index >= 15 is 0 Å². The molecule has 2 heterocycles. The third-order valence-electron chi connectivity index (χ3n) is 5.68. The van der Waals surface area contributed by atoms with Crippen LogP contribution in [0.4, 0.5) is 0 Å². The van der Waals surface area contributed by atoms with Crippen molar-refractivity contribution >= 4 is 5.91 Å². The molecule has 28 heavy (non-hydrogen) atoms. The minimum Gasteiger partial charge on any atom is -0.486 e. The van der Waals surface area contributed by atoms with Crippen LogP contribution in [0.2, 0.25) is 0 Å². The summed E-state index contributed by atoms with van der Waals surface area (Å²) in [6.07, 6.45) is 0. The van der Waals surface area contributed by atoms with Gasteiger partial charge >= 0.3 is 0 Å². The summed E-state index contributed by atoms with van der Waals surface area (Å²) in [7, 11) is 0. The highest BCUT2D eigenvalue weighted by Crippen LogP contribution is 2.34. The highest BCUT2D eigenvalue weighted by molar-refractivity contribution is 5.84. The van der Waals surface area contributed by atoms with Crippen molar-refractivity contribution in [2.45, 2.75) is 32.4 Å². The normalized spacial score (nSPS) is 20.6. The summed E-state index contributed by atoms with van der Waals surface area (Å²) in [6, 6.07) is 16.6. The van der Waals surface area contributed by atoms with Crippen LogP contribution in [-0.2, 0) is 11.3 Å². The summed E-state index contributed by atoms with van der Waals surface area (Å²) in [5.74, 6) is 1.49. The predicted octanol–water partition coefficient (Wildman–Crippen LogP) is 3.29. The molecule has 2 aliphatic rings. The van der Waals surface area contributed by atoms with Crippen molar-refractivity contribution in [1.82, 2.24) is 9.80 Å². The molecular formula is C23H28N2O3. The minimum atomic E-state index is -0.195. The van der Waals surface area contributed by atoms with E-state index in [0.717, 1.165) is 43.2 Å². The molecule has 0 bridgehead atoms. The first-order valence-corrected chi connectivity index (χ1v) is 10.1. The second-order valence-corrected chi connectivity index (χ2v) is 7.73. The Balaban J connectivity index is 1.39. The lowest BCUT2D eigenvalue weighted by Gasteiger charge is -2.41. The average Bonchev–Trinajstić information content (AvgIpc) is 2.73.